The Labute approximate surface area is 151 Å². The molecule has 1 atom stereocenters. The van der Waals surface area contributed by atoms with Gasteiger partial charge in [0.2, 0.25) is 0 Å². The van der Waals surface area contributed by atoms with Crippen LogP contribution < -0.4 is 5.32 Å². The summed E-state index contributed by atoms with van der Waals surface area (Å²) < 4.78 is 16.6. The number of hydrogen-bond donors (Lipinski definition) is 1. The molecule has 0 aliphatic heterocycles. The first-order chi connectivity index (χ1) is 11.9. The van der Waals surface area contributed by atoms with Crippen LogP contribution in [0.5, 0.6) is 0 Å². The Balaban J connectivity index is 2.04. The van der Waals surface area contributed by atoms with E-state index in [4.69, 9.17) is 21.6 Å². The highest BCUT2D eigenvalue weighted by Gasteiger charge is 2.16. The molecule has 0 heterocycles. The fourth-order valence-corrected chi connectivity index (χ4v) is 2.90. The van der Waals surface area contributed by atoms with E-state index in [1.807, 2.05) is 6.07 Å². The Morgan fingerprint density at radius 3 is 2.68 bits per heavy atom. The number of rotatable bonds is 5. The van der Waals surface area contributed by atoms with Crippen LogP contribution in [-0.4, -0.2) is 28.9 Å². The number of benzene rings is 2. The number of carbonyl (C=O) groups excluding carboxylic acids is 2. The maximum atomic E-state index is 12.1. The summed E-state index contributed by atoms with van der Waals surface area (Å²) in [5.74, 6) is -1.38. The molecule has 1 N–H and O–H groups in total. The van der Waals surface area contributed by atoms with E-state index in [0.29, 0.717) is 9.92 Å². The van der Waals surface area contributed by atoms with E-state index in [0.717, 1.165) is 0 Å². The monoisotopic (exact) mass is 376 g/mol. The van der Waals surface area contributed by atoms with Gasteiger partial charge in [0.1, 0.15) is 6.07 Å². The lowest BCUT2D eigenvalue weighted by Crippen LogP contribution is -2.22. The van der Waals surface area contributed by atoms with Crippen LogP contribution in [0.4, 0.5) is 5.69 Å². The molecule has 6 nitrogen and oxygen atoms in total. The van der Waals surface area contributed by atoms with E-state index in [9.17, 15) is 13.8 Å². The smallest absolute Gasteiger partial charge is 0.339 e. The topological polar surface area (TPSA) is 96.3 Å². The summed E-state index contributed by atoms with van der Waals surface area (Å²) in [6.07, 6.45) is 1.45. The molecule has 0 radical (unpaired) electrons. The Kier molecular flexibility index (Phi) is 6.28. The van der Waals surface area contributed by atoms with Crippen LogP contribution in [0, 0.1) is 11.3 Å². The molecule has 0 saturated heterocycles. The lowest BCUT2D eigenvalue weighted by atomic mass is 10.2. The van der Waals surface area contributed by atoms with Crippen LogP contribution >= 0.6 is 11.6 Å². The molecular weight excluding hydrogens is 364 g/mol. The molecule has 0 bridgehead atoms. The van der Waals surface area contributed by atoms with Gasteiger partial charge in [0.05, 0.1) is 32.5 Å². The summed E-state index contributed by atoms with van der Waals surface area (Å²) >= 11 is 5.84. The Morgan fingerprint density at radius 1 is 1.28 bits per heavy atom. The molecule has 0 saturated carbocycles. The van der Waals surface area contributed by atoms with Gasteiger partial charge in [0.15, 0.2) is 6.61 Å². The molecule has 0 fully saturated rings. The van der Waals surface area contributed by atoms with E-state index in [-0.39, 0.29) is 16.8 Å². The minimum atomic E-state index is -1.37. The van der Waals surface area contributed by atoms with Gasteiger partial charge in [0.25, 0.3) is 5.91 Å². The largest absolute Gasteiger partial charge is 0.452 e. The number of nitrogens with one attached hydrogen (secondary N) is 1. The van der Waals surface area contributed by atoms with E-state index >= 15 is 0 Å². The predicted octanol–water partition coefficient (Wildman–Crippen LogP) is 2.74. The van der Waals surface area contributed by atoms with Gasteiger partial charge in [-0.1, -0.05) is 23.7 Å². The lowest BCUT2D eigenvalue weighted by Gasteiger charge is -2.09. The van der Waals surface area contributed by atoms with E-state index in [1.165, 1.54) is 30.5 Å². The summed E-state index contributed by atoms with van der Waals surface area (Å²) in [7, 11) is -1.37. The van der Waals surface area contributed by atoms with E-state index in [2.05, 4.69) is 5.32 Å². The normalized spacial score (nSPS) is 11.2. The molecule has 2 aromatic rings. The molecule has 0 spiro atoms. The molecule has 0 unspecified atom stereocenters. The molecule has 2 rings (SSSR count). The molecular formula is C17H13ClN2O4S. The number of anilines is 1. The van der Waals surface area contributed by atoms with Crippen LogP contribution in [0.15, 0.2) is 47.4 Å². The zero-order valence-corrected chi connectivity index (χ0v) is 14.7. The van der Waals surface area contributed by atoms with Crippen LogP contribution in [0.2, 0.25) is 5.02 Å². The Morgan fingerprint density at radius 2 is 2.00 bits per heavy atom. The second-order valence-electron chi connectivity index (χ2n) is 4.88. The van der Waals surface area contributed by atoms with Crippen molar-refractivity contribution in [2.24, 2.45) is 0 Å². The summed E-state index contributed by atoms with van der Waals surface area (Å²) in [4.78, 5) is 24.4. The fourth-order valence-electron chi connectivity index (χ4n) is 2.00. The summed E-state index contributed by atoms with van der Waals surface area (Å²) in [5.41, 5.74) is 0.596. The highest BCUT2D eigenvalue weighted by Crippen LogP contribution is 2.20. The third-order valence-electron chi connectivity index (χ3n) is 3.13. The van der Waals surface area contributed by atoms with Crippen LogP contribution in [0.1, 0.15) is 15.9 Å². The molecule has 0 aliphatic rings. The highest BCUT2D eigenvalue weighted by atomic mass is 35.5. The molecule has 128 valence electrons. The van der Waals surface area contributed by atoms with Gasteiger partial charge in [-0.15, -0.1) is 0 Å². The van der Waals surface area contributed by atoms with Crippen molar-refractivity contribution in [2.75, 3.05) is 18.2 Å². The van der Waals surface area contributed by atoms with Crippen molar-refractivity contribution in [1.29, 1.82) is 5.26 Å². The average Bonchev–Trinajstić information content (AvgIpc) is 2.60. The predicted molar refractivity (Wildman–Crippen MR) is 93.9 cm³/mol. The van der Waals surface area contributed by atoms with Gasteiger partial charge in [-0.25, -0.2) is 4.79 Å². The molecule has 1 amide bonds. The van der Waals surface area contributed by atoms with Crippen molar-refractivity contribution < 1.29 is 18.5 Å². The fraction of sp³-hybridized carbons (Fsp3) is 0.118. The molecule has 0 aliphatic carbocycles. The third kappa shape index (κ3) is 4.89. The maximum Gasteiger partial charge on any atom is 0.339 e. The summed E-state index contributed by atoms with van der Waals surface area (Å²) in [6.45, 7) is -0.555. The average molecular weight is 377 g/mol. The van der Waals surface area contributed by atoms with Crippen LogP contribution in [-0.2, 0) is 20.3 Å². The lowest BCUT2D eigenvalue weighted by molar-refractivity contribution is -0.119. The van der Waals surface area contributed by atoms with Crippen LogP contribution in [0.3, 0.4) is 0 Å². The summed E-state index contributed by atoms with van der Waals surface area (Å²) in [5, 5.41) is 11.8. The number of nitrogens with zero attached hydrogens (tertiary/aromatic N) is 1. The van der Waals surface area contributed by atoms with Crippen LogP contribution in [0.25, 0.3) is 0 Å². The maximum absolute atomic E-state index is 12.1. The first-order valence-corrected chi connectivity index (χ1v) is 8.95. The van der Waals surface area contributed by atoms with E-state index in [1.54, 1.807) is 18.2 Å². The van der Waals surface area contributed by atoms with Gasteiger partial charge in [-0.3, -0.25) is 9.00 Å². The van der Waals surface area contributed by atoms with Gasteiger partial charge >= 0.3 is 5.97 Å². The number of nitriles is 1. The van der Waals surface area contributed by atoms with Crippen molar-refractivity contribution in [2.45, 2.75) is 4.90 Å². The minimum Gasteiger partial charge on any atom is -0.452 e. The number of esters is 1. The van der Waals surface area contributed by atoms with E-state index < -0.39 is 29.3 Å². The second kappa shape index (κ2) is 8.42. The summed E-state index contributed by atoms with van der Waals surface area (Å²) in [6, 6.07) is 12.6. The molecule has 0 aromatic heterocycles. The SMILES string of the molecule is C[S@@](=O)c1ccccc1C(=O)OCC(=O)Nc1cc(Cl)ccc1C#N. The number of amides is 1. The minimum absolute atomic E-state index is 0.136. The molecule has 25 heavy (non-hydrogen) atoms. The zero-order valence-electron chi connectivity index (χ0n) is 13.1. The van der Waals surface area contributed by atoms with Gasteiger partial charge in [-0.2, -0.15) is 5.26 Å². The highest BCUT2D eigenvalue weighted by molar-refractivity contribution is 7.84. The van der Waals surface area contributed by atoms with Crippen molar-refractivity contribution in [3.63, 3.8) is 0 Å². The standard InChI is InChI=1S/C17H13ClN2O4S/c1-25(23)15-5-3-2-4-13(15)17(22)24-10-16(21)20-14-8-12(18)7-6-11(14)9-19/h2-8H,10H2,1H3,(H,20,21)/t25-/m1/s1. The number of carbonyl (C=O) groups is 2. The molecule has 8 heteroatoms. The van der Waals surface area contributed by atoms with Gasteiger partial charge in [0, 0.05) is 11.3 Å². The number of hydrogen-bond acceptors (Lipinski definition) is 5. The third-order valence-corrected chi connectivity index (χ3v) is 4.34. The van der Waals surface area contributed by atoms with Crippen molar-refractivity contribution in [3.05, 3.63) is 58.6 Å². The zero-order chi connectivity index (χ0) is 18.4. The Bertz CT molecular complexity index is 892. The molecule has 2 aromatic carbocycles. The van der Waals surface area contributed by atoms with Gasteiger partial charge in [-0.05, 0) is 30.3 Å². The Hall–Kier alpha value is -2.69. The van der Waals surface area contributed by atoms with Crippen molar-refractivity contribution in [3.8, 4) is 6.07 Å². The van der Waals surface area contributed by atoms with Gasteiger partial charge < -0.3 is 10.1 Å². The first kappa shape index (κ1) is 18.6. The quantitative estimate of drug-likeness (QED) is 0.809. The number of ether oxygens (including phenoxy) is 1. The first-order valence-electron chi connectivity index (χ1n) is 7.01. The second-order valence-corrected chi connectivity index (χ2v) is 6.66. The number of halogens is 1. The van der Waals surface area contributed by atoms with Crippen molar-refractivity contribution in [1.82, 2.24) is 0 Å². The van der Waals surface area contributed by atoms with Crippen molar-refractivity contribution >= 4 is 40.0 Å².